The zero-order chi connectivity index (χ0) is 95.3. The van der Waals surface area contributed by atoms with Crippen LogP contribution in [0.3, 0.4) is 0 Å². The van der Waals surface area contributed by atoms with E-state index in [0.717, 1.165) is 101 Å². The van der Waals surface area contributed by atoms with Gasteiger partial charge in [-0.2, -0.15) is 13.4 Å². The number of methoxy groups -OCH3 is 3. The summed E-state index contributed by atoms with van der Waals surface area (Å²) in [5.41, 5.74) is -0.295. The minimum Gasteiger partial charge on any atom is -0.381 e. The van der Waals surface area contributed by atoms with E-state index >= 15 is 0 Å². The molecule has 13 aromatic carbocycles. The summed E-state index contributed by atoms with van der Waals surface area (Å²) in [5.74, 6) is 4.31. The van der Waals surface area contributed by atoms with Gasteiger partial charge in [-0.15, -0.1) is 10.2 Å². The average Bonchev–Trinajstić information content (AvgIpc) is 1.02. The summed E-state index contributed by atoms with van der Waals surface area (Å²) >= 11 is 0. The lowest BCUT2D eigenvalue weighted by atomic mass is 9.88. The fourth-order valence-corrected chi connectivity index (χ4v) is 23.7. The standard InChI is InChI=1S/C35H29N2O8P.C32H30N5O8P.C31H28N5O8P/c1-37(33-30-31(45-46(3,40)41)35(44-33,18-42-2)19-43-30)17-22(32(38)36-34(37)39)14-13-20-15-16-27-25-11-5-8-21-7-4-10-24(28(21)25)26-12-6-9-23(20)29(26)27;1-37(30-27-28(45-46(3,40)41)32(44-30,16-42-2)17-43-27)15-23(29(38)33-31(37)39)24-14-36(35-34-24)13-21-10-9-20-8-7-18-5-4-6-19-11-12-22(21)26(20)25(18)19;1-36(29-26-27(44-45(3,39)40)31(43-29,15-41-2)16-42-26)14-21(28(37)32-30(36)38)22-13-35(34-33-22)23-12-10-19-8-7-17-5-4-6-18-9-11-20(23)25(19)24(17)18/h4-12,15-17,30-31,33H,18-19H2,1-3H3,(H-,36,38,39,40,41);4-12,14-15,27-28,30H,13,16-17H2,1-3H3,(H-,33,38,39,40,41);4-14,26-27,29H,15-16H2,1-3H3,(H-,32,37,38,39,40)/p+3/t30-,31?,33+,35-,37?;27-,28?,30+,32-,37?;26-,27?,29+,31-,36?/m000/s1. The highest BCUT2D eigenvalue weighted by atomic mass is 31.2. The molecule has 6 N–H and O–H groups in total. The van der Waals surface area contributed by atoms with Gasteiger partial charge in [0.2, 0.25) is 18.7 Å². The Morgan fingerprint density at radius 3 is 1.27 bits per heavy atom. The molecule has 11 heterocycles. The lowest BCUT2D eigenvalue weighted by Crippen LogP contribution is -2.65. The molecule has 36 nitrogen and oxygen atoms in total. The number of urea groups is 3. The molecule has 6 saturated heterocycles. The first-order valence-electron chi connectivity index (χ1n) is 43.9. The number of nitrogens with one attached hydrogen (secondary N) is 3. The molecule has 0 aliphatic carbocycles. The molecular formula is C98H90N12O24P3+3. The first-order valence-corrected chi connectivity index (χ1v) is 50.0. The van der Waals surface area contributed by atoms with Gasteiger partial charge in [0.1, 0.15) is 65.0 Å². The zero-order valence-corrected chi connectivity index (χ0v) is 77.7. The van der Waals surface area contributed by atoms with E-state index in [4.69, 9.17) is 56.2 Å². The highest BCUT2D eigenvalue weighted by molar-refractivity contribution is 7.52. The Morgan fingerprint density at radius 1 is 0.416 bits per heavy atom. The van der Waals surface area contributed by atoms with E-state index in [2.05, 4.69) is 188 Å². The Kier molecular flexibility index (Phi) is 21.4. The zero-order valence-electron chi connectivity index (χ0n) is 75.1. The topological polar surface area (TPSA) is 423 Å². The van der Waals surface area contributed by atoms with Gasteiger partial charge >= 0.3 is 40.9 Å². The van der Waals surface area contributed by atoms with Crippen molar-refractivity contribution in [1.29, 1.82) is 0 Å². The number of quaternary nitrogens is 3. The fraction of sp³-hybridized carbons (Fsp3) is 0.286. The Balaban J connectivity index is 0.000000119. The number of amides is 9. The summed E-state index contributed by atoms with van der Waals surface area (Å²) in [7, 11) is -2.80. The van der Waals surface area contributed by atoms with E-state index in [1.807, 2.05) is 36.4 Å². The van der Waals surface area contributed by atoms with Crippen molar-refractivity contribution in [1.82, 2.24) is 45.9 Å². The Labute approximate surface area is 779 Å². The Bertz CT molecular complexity index is 7920. The molecular weight excluding hydrogens is 1820 g/mol. The molecule has 9 amide bonds. The van der Waals surface area contributed by atoms with Crippen molar-refractivity contribution >= 4 is 177 Å². The summed E-state index contributed by atoms with van der Waals surface area (Å²) in [5, 5.41) is 47.2. The first kappa shape index (κ1) is 89.9. The number of hydrogen-bond acceptors (Lipinski definition) is 25. The van der Waals surface area contributed by atoms with E-state index in [-0.39, 0.29) is 67.7 Å². The largest absolute Gasteiger partial charge is 0.430 e. The van der Waals surface area contributed by atoms with Gasteiger partial charge in [0.25, 0.3) is 17.7 Å². The summed E-state index contributed by atoms with van der Waals surface area (Å²) in [4.78, 5) is 110. The van der Waals surface area contributed by atoms with Crippen LogP contribution in [-0.2, 0) is 90.8 Å². The number of likely N-dealkylation sites (N-methyl/N-ethyl adjacent to an activating group) is 3. The number of aromatic nitrogens is 6. The summed E-state index contributed by atoms with van der Waals surface area (Å²) < 4.78 is 108. The molecule has 0 spiro atoms. The van der Waals surface area contributed by atoms with E-state index in [1.165, 1.54) is 83.0 Å². The van der Waals surface area contributed by atoms with Crippen molar-refractivity contribution in [3.8, 4) is 17.5 Å². The van der Waals surface area contributed by atoms with Crippen LogP contribution in [0.4, 0.5) is 14.4 Å². The molecule has 9 aliphatic rings. The second-order valence-electron chi connectivity index (χ2n) is 36.9. The number of ether oxygens (including phenoxy) is 9. The molecule has 15 aromatic rings. The lowest BCUT2D eigenvalue weighted by Gasteiger charge is -2.40. The number of rotatable bonds is 20. The number of hydrogen-bond donors (Lipinski definition) is 6. The van der Waals surface area contributed by atoms with Gasteiger partial charge in [-0.25, -0.2) is 39.7 Å². The van der Waals surface area contributed by atoms with Crippen molar-refractivity contribution in [2.24, 2.45) is 0 Å². The van der Waals surface area contributed by atoms with E-state index in [0.29, 0.717) is 6.54 Å². The van der Waals surface area contributed by atoms with Crippen LogP contribution in [0.15, 0.2) is 212 Å². The second kappa shape index (κ2) is 32.7. The number of benzene rings is 13. The van der Waals surface area contributed by atoms with E-state index in [1.54, 1.807) is 42.9 Å². The van der Waals surface area contributed by atoms with Crippen LogP contribution in [0.2, 0.25) is 0 Å². The quantitative estimate of drug-likeness (QED) is 0.0136. The summed E-state index contributed by atoms with van der Waals surface area (Å²) in [6.45, 7) is 3.77. The molecule has 0 saturated carbocycles. The normalized spacial score (nSPS) is 29.2. The van der Waals surface area contributed by atoms with Crippen LogP contribution in [0.1, 0.15) is 22.5 Å². The van der Waals surface area contributed by atoms with Crippen molar-refractivity contribution in [3.63, 3.8) is 0 Å². The predicted octanol–water partition coefficient (Wildman–Crippen LogP) is 12.2. The molecule has 0 radical (unpaired) electrons. The molecule has 698 valence electrons. The molecule has 6 fully saturated rings. The van der Waals surface area contributed by atoms with Crippen LogP contribution in [0, 0.1) is 11.8 Å². The summed E-state index contributed by atoms with van der Waals surface area (Å²) in [6.07, 6.45) is -1.02. The van der Waals surface area contributed by atoms with Crippen LogP contribution in [-0.4, -0.2) is 268 Å². The van der Waals surface area contributed by atoms with Crippen molar-refractivity contribution in [3.05, 3.63) is 235 Å². The highest BCUT2D eigenvalue weighted by Gasteiger charge is 2.74. The molecule has 2 aromatic heterocycles. The van der Waals surface area contributed by atoms with Gasteiger partial charge in [0.15, 0.2) is 35.1 Å². The average molecular weight is 1910 g/mol. The number of nitrogens with zero attached hydrogens (tertiary/aromatic N) is 9. The summed E-state index contributed by atoms with van der Waals surface area (Å²) in [6, 6.07) is 58.5. The van der Waals surface area contributed by atoms with Crippen LogP contribution in [0.5, 0.6) is 0 Å². The van der Waals surface area contributed by atoms with Crippen LogP contribution in [0.25, 0.3) is 125 Å². The van der Waals surface area contributed by atoms with Crippen molar-refractivity contribution in [2.45, 2.75) is 78.7 Å². The van der Waals surface area contributed by atoms with Gasteiger partial charge in [0.05, 0.1) is 85.4 Å². The first-order chi connectivity index (χ1) is 65.5. The van der Waals surface area contributed by atoms with E-state index in [9.17, 15) is 57.1 Å². The van der Waals surface area contributed by atoms with Gasteiger partial charge < -0.3 is 57.3 Å². The second-order valence-corrected chi connectivity index (χ2v) is 42.4. The minimum absolute atomic E-state index is 0.000825. The van der Waals surface area contributed by atoms with Crippen molar-refractivity contribution < 1.29 is 127 Å². The maximum atomic E-state index is 13.4. The third-order valence-electron chi connectivity index (χ3n) is 27.6. The van der Waals surface area contributed by atoms with Crippen LogP contribution < -0.4 is 16.0 Å². The maximum Gasteiger partial charge on any atom is 0.430 e. The van der Waals surface area contributed by atoms with Gasteiger partial charge in [-0.05, 0) is 120 Å². The number of fused-ring (bicyclic) bond motifs is 8. The fourth-order valence-electron chi connectivity index (χ4n) is 21.5. The monoisotopic (exact) mass is 1910 g/mol. The Hall–Kier alpha value is -12.3. The molecule has 9 aliphatic heterocycles. The third-order valence-corrected chi connectivity index (χ3v) is 29.5. The van der Waals surface area contributed by atoms with E-state index < -0.39 is 144 Å². The smallest absolute Gasteiger partial charge is 0.381 e. The number of carbonyl (C=O) groups is 6. The Morgan fingerprint density at radius 2 is 0.788 bits per heavy atom. The molecule has 9 unspecified atom stereocenters. The van der Waals surface area contributed by atoms with Crippen molar-refractivity contribution in [2.75, 3.05) is 102 Å². The van der Waals surface area contributed by atoms with Gasteiger partial charge in [-0.1, -0.05) is 186 Å². The predicted molar refractivity (Wildman–Crippen MR) is 502 cm³/mol. The SMILES string of the molecule is COC[C@]12CO[C@@H](C1OP(C)(=O)O)[C@H]([N+]1(C)C=C(C#Cc3ccc4c5cccc6cccc(c7cccc3c74)c65)C(=O)NC1=O)O2.COC[C@]12CO[C@@H](C1OP(C)(=O)O)[C@H]([N+]1(C)C=C(c3cn(-c4ccc5ccc6cccc7ccc4c5c67)nn3)C(=O)NC1=O)O2.COC[C@]12CO[C@@H](C1OP(C)(=O)O)[C@H]([N+]1(C)C=C(c3cn(Cc4ccc5ccc6cccc7ccc4c5c67)nn3)C(=O)NC1=O)O2. The highest BCUT2D eigenvalue weighted by Crippen LogP contribution is 2.57. The molecule has 18 atom stereocenters. The van der Waals surface area contributed by atoms with Crippen LogP contribution >= 0.6 is 22.8 Å². The molecule has 137 heavy (non-hydrogen) atoms. The van der Waals surface area contributed by atoms with Gasteiger partial charge in [-0.3, -0.25) is 41.6 Å². The number of imide groups is 3. The molecule has 39 heteroatoms. The molecule has 6 bridgehead atoms. The maximum absolute atomic E-state index is 13.4. The lowest BCUT2D eigenvalue weighted by molar-refractivity contribution is -0.840. The van der Waals surface area contributed by atoms with Gasteiger partial charge in [0, 0.05) is 52.3 Å². The number of carbonyl (C=O) groups excluding carboxylic acids is 6. The molecule has 24 rings (SSSR count). The third kappa shape index (κ3) is 14.7. The minimum atomic E-state index is -3.97.